The number of rotatable bonds is 5. The summed E-state index contributed by atoms with van der Waals surface area (Å²) in [6.45, 7) is 11.7. The third-order valence-corrected chi connectivity index (χ3v) is 7.94. The van der Waals surface area contributed by atoms with Crippen molar-refractivity contribution in [2.45, 2.75) is 26.4 Å². The lowest BCUT2D eigenvalue weighted by Gasteiger charge is -2.47. The molecular formula is C26H33FN8O. The smallest absolute Gasteiger partial charge is 0.327 e. The van der Waals surface area contributed by atoms with E-state index in [0.717, 1.165) is 45.8 Å². The van der Waals surface area contributed by atoms with Gasteiger partial charge in [-0.05, 0) is 33.0 Å². The molecule has 36 heavy (non-hydrogen) atoms. The molecule has 1 aromatic heterocycles. The van der Waals surface area contributed by atoms with Crippen LogP contribution in [0.15, 0.2) is 35.9 Å². The monoisotopic (exact) mass is 492 g/mol. The molecule has 4 aliphatic rings. The Balaban J connectivity index is 1.18. The minimum absolute atomic E-state index is 0.196. The lowest BCUT2D eigenvalue weighted by Crippen LogP contribution is -2.58. The summed E-state index contributed by atoms with van der Waals surface area (Å²) in [5, 5.41) is 3.30. The number of urea groups is 1. The minimum Gasteiger partial charge on any atom is -0.368 e. The molecule has 2 fully saturated rings. The number of piperazine rings is 1. The Hall–Kier alpha value is -3.24. The minimum atomic E-state index is -0.389. The molecule has 0 radical (unpaired) electrons. The van der Waals surface area contributed by atoms with Crippen molar-refractivity contribution in [3.05, 3.63) is 47.3 Å². The van der Waals surface area contributed by atoms with Crippen molar-refractivity contribution in [1.82, 2.24) is 29.6 Å². The summed E-state index contributed by atoms with van der Waals surface area (Å²) in [5.74, 6) is 0.0760. The molecule has 2 saturated heterocycles. The van der Waals surface area contributed by atoms with E-state index in [9.17, 15) is 4.79 Å². The number of likely N-dealkylation sites (tertiary alicyclic amines) is 1. The Kier molecular flexibility index (Phi) is 5.80. The maximum Gasteiger partial charge on any atom is 0.327 e. The van der Waals surface area contributed by atoms with Crippen molar-refractivity contribution in [2.75, 3.05) is 69.6 Å². The van der Waals surface area contributed by atoms with Crippen LogP contribution >= 0.6 is 0 Å². The fraction of sp³-hybridized carbons (Fsp3) is 0.500. The van der Waals surface area contributed by atoms with Crippen LogP contribution in [0.5, 0.6) is 0 Å². The highest BCUT2D eigenvalue weighted by Crippen LogP contribution is 2.38. The maximum absolute atomic E-state index is 15.6. The number of carbonyl (C=O) groups excluding carboxylic acids is 1. The summed E-state index contributed by atoms with van der Waals surface area (Å²) in [4.78, 5) is 32.3. The zero-order valence-electron chi connectivity index (χ0n) is 21.2. The number of aromatic nitrogens is 2. The summed E-state index contributed by atoms with van der Waals surface area (Å²) in [6.07, 6.45) is 5.98. The van der Waals surface area contributed by atoms with Crippen LogP contribution in [0, 0.1) is 5.82 Å². The van der Waals surface area contributed by atoms with E-state index in [2.05, 4.69) is 61.0 Å². The van der Waals surface area contributed by atoms with Gasteiger partial charge in [0.15, 0.2) is 5.82 Å². The van der Waals surface area contributed by atoms with Gasteiger partial charge in [-0.1, -0.05) is 6.08 Å². The first-order valence-electron chi connectivity index (χ1n) is 12.8. The average molecular weight is 493 g/mol. The fourth-order valence-electron chi connectivity index (χ4n) is 5.93. The molecular weight excluding hydrogens is 459 g/mol. The number of halogens is 1. The van der Waals surface area contributed by atoms with Gasteiger partial charge in [0.2, 0.25) is 0 Å². The largest absolute Gasteiger partial charge is 0.368 e. The van der Waals surface area contributed by atoms with Crippen LogP contribution in [-0.2, 0) is 6.54 Å². The zero-order chi connectivity index (χ0) is 25.0. The number of nitrogens with one attached hydrogen (secondary N) is 1. The molecule has 0 aliphatic carbocycles. The average Bonchev–Trinajstić information content (AvgIpc) is 2.86. The Labute approximate surface area is 210 Å². The van der Waals surface area contributed by atoms with Crippen LogP contribution in [0.1, 0.15) is 19.4 Å². The number of amides is 2. The van der Waals surface area contributed by atoms with E-state index in [0.29, 0.717) is 41.4 Å². The van der Waals surface area contributed by atoms with Crippen molar-refractivity contribution in [3.8, 4) is 0 Å². The van der Waals surface area contributed by atoms with Crippen molar-refractivity contribution in [1.29, 1.82) is 0 Å². The molecule has 0 spiro atoms. The molecule has 0 unspecified atom stereocenters. The molecule has 10 heteroatoms. The number of nitrogens with zero attached hydrogens (tertiary/aromatic N) is 7. The summed E-state index contributed by atoms with van der Waals surface area (Å²) in [5.41, 5.74) is 4.06. The second-order valence-electron chi connectivity index (χ2n) is 10.2. The highest BCUT2D eigenvalue weighted by molar-refractivity contribution is 6.17. The van der Waals surface area contributed by atoms with Gasteiger partial charge in [0, 0.05) is 70.2 Å². The molecule has 190 valence electrons. The molecule has 9 nitrogen and oxygen atoms in total. The van der Waals surface area contributed by atoms with Crippen LogP contribution in [0.2, 0.25) is 0 Å². The van der Waals surface area contributed by atoms with Gasteiger partial charge < -0.3 is 20.0 Å². The summed E-state index contributed by atoms with van der Waals surface area (Å²) in [7, 11) is 2.17. The number of benzene rings is 1. The normalized spacial score (nSPS) is 21.4. The zero-order valence-corrected chi connectivity index (χ0v) is 21.2. The number of hydrogen-bond acceptors (Lipinski definition) is 7. The molecule has 5 heterocycles. The lowest BCUT2D eigenvalue weighted by atomic mass is 10.0. The van der Waals surface area contributed by atoms with Gasteiger partial charge >= 0.3 is 6.03 Å². The third kappa shape index (κ3) is 3.79. The number of anilines is 2. The van der Waals surface area contributed by atoms with Gasteiger partial charge in [-0.25, -0.2) is 19.2 Å². The van der Waals surface area contributed by atoms with E-state index in [1.54, 1.807) is 6.07 Å². The molecule has 0 atom stereocenters. The predicted octanol–water partition coefficient (Wildman–Crippen LogP) is 2.68. The van der Waals surface area contributed by atoms with Gasteiger partial charge in [-0.15, -0.1) is 0 Å². The first kappa shape index (κ1) is 23.2. The van der Waals surface area contributed by atoms with Crippen LogP contribution < -0.4 is 10.2 Å². The van der Waals surface area contributed by atoms with E-state index >= 15 is 4.39 Å². The number of hydrogen-bond donors (Lipinski definition) is 1. The van der Waals surface area contributed by atoms with Gasteiger partial charge in [0.1, 0.15) is 12.1 Å². The lowest BCUT2D eigenvalue weighted by molar-refractivity contribution is 0.0774. The van der Waals surface area contributed by atoms with Gasteiger partial charge in [-0.2, -0.15) is 0 Å². The summed E-state index contributed by atoms with van der Waals surface area (Å²) < 4.78 is 15.6. The molecule has 1 aromatic carbocycles. The van der Waals surface area contributed by atoms with Gasteiger partial charge in [0.25, 0.3) is 0 Å². The molecule has 1 N–H and O–H groups in total. The van der Waals surface area contributed by atoms with Crippen molar-refractivity contribution >= 4 is 28.4 Å². The predicted molar refractivity (Wildman–Crippen MR) is 138 cm³/mol. The van der Waals surface area contributed by atoms with Crippen LogP contribution in [0.4, 0.5) is 20.7 Å². The fourth-order valence-corrected chi connectivity index (χ4v) is 5.93. The molecule has 2 amide bonds. The van der Waals surface area contributed by atoms with E-state index in [1.807, 2.05) is 6.92 Å². The summed E-state index contributed by atoms with van der Waals surface area (Å²) >= 11 is 0. The topological polar surface area (TPSA) is 71.1 Å². The third-order valence-electron chi connectivity index (χ3n) is 7.94. The summed E-state index contributed by atoms with van der Waals surface area (Å²) in [6, 6.07) is 2.05. The van der Waals surface area contributed by atoms with Crippen molar-refractivity contribution in [2.24, 2.45) is 0 Å². The Bertz CT molecular complexity index is 1260. The number of allylic oxidation sites excluding steroid dienone is 2. The van der Waals surface area contributed by atoms with E-state index < -0.39 is 0 Å². The second kappa shape index (κ2) is 9.01. The quantitative estimate of drug-likeness (QED) is 0.688. The highest BCUT2D eigenvalue weighted by atomic mass is 19.1. The van der Waals surface area contributed by atoms with Crippen LogP contribution in [0.3, 0.4) is 0 Å². The number of likely N-dealkylation sites (N-methyl/N-ethyl adjacent to an activating group) is 1. The van der Waals surface area contributed by atoms with E-state index in [1.165, 1.54) is 22.6 Å². The Morgan fingerprint density at radius 1 is 1.17 bits per heavy atom. The molecule has 6 rings (SSSR count). The maximum atomic E-state index is 15.6. The van der Waals surface area contributed by atoms with Gasteiger partial charge in [-0.3, -0.25) is 9.80 Å². The SMILES string of the molecule is CCN1C(=O)Nc2c(F)c(CN3CCN(C4=C(C)N(C5CN(C)C5)CC=C4)CC3)cc3ncnc1c23. The standard InChI is InChI=1S/C26H33FN8O/c1-4-34-25-22-20(28-16-29-25)12-18(23(27)24(22)30-26(34)36)13-32-8-10-33(11-9-32)21-6-5-7-35(17(21)2)19-14-31(3)15-19/h5-6,12,16,19H,4,7-11,13-15H2,1-3H3,(H,30,36). The Morgan fingerprint density at radius 2 is 1.94 bits per heavy atom. The van der Waals surface area contributed by atoms with E-state index in [-0.39, 0.29) is 17.5 Å². The molecule has 0 bridgehead atoms. The molecule has 4 aliphatic heterocycles. The van der Waals surface area contributed by atoms with Crippen LogP contribution in [-0.4, -0.2) is 101 Å². The number of carbonyl (C=O) groups is 1. The molecule has 2 aromatic rings. The van der Waals surface area contributed by atoms with Crippen LogP contribution in [0.25, 0.3) is 10.9 Å². The first-order valence-corrected chi connectivity index (χ1v) is 12.8. The highest BCUT2D eigenvalue weighted by Gasteiger charge is 2.33. The van der Waals surface area contributed by atoms with Gasteiger partial charge in [0.05, 0.1) is 28.3 Å². The van der Waals surface area contributed by atoms with Crippen molar-refractivity contribution < 1.29 is 9.18 Å². The first-order chi connectivity index (χ1) is 17.4. The second-order valence-corrected chi connectivity index (χ2v) is 10.2. The Morgan fingerprint density at radius 3 is 2.67 bits per heavy atom. The van der Waals surface area contributed by atoms with E-state index in [4.69, 9.17) is 0 Å². The van der Waals surface area contributed by atoms with Crippen molar-refractivity contribution in [3.63, 3.8) is 0 Å². The molecule has 0 saturated carbocycles.